The zero-order valence-electron chi connectivity index (χ0n) is 14.5. The number of halogens is 2. The average molecular weight is 452 g/mol. The van der Waals surface area contributed by atoms with Gasteiger partial charge >= 0.3 is 0 Å². The second-order valence-electron chi connectivity index (χ2n) is 5.63. The van der Waals surface area contributed by atoms with Gasteiger partial charge in [0.15, 0.2) is 11.5 Å². The lowest BCUT2D eigenvalue weighted by Crippen LogP contribution is -2.27. The molecule has 1 saturated heterocycles. The Bertz CT molecular complexity index is 930. The summed E-state index contributed by atoms with van der Waals surface area (Å²) in [7, 11) is 3.05. The normalized spacial score (nSPS) is 15.6. The Hall–Kier alpha value is -2.32. The molecule has 2 aromatic carbocycles. The highest BCUT2D eigenvalue weighted by molar-refractivity contribution is 9.10. The van der Waals surface area contributed by atoms with Crippen molar-refractivity contribution in [3.05, 3.63) is 62.7 Å². The van der Waals surface area contributed by atoms with Gasteiger partial charge in [-0.2, -0.15) is 0 Å². The largest absolute Gasteiger partial charge is 0.493 e. The summed E-state index contributed by atoms with van der Waals surface area (Å²) >= 11 is 4.27. The molecule has 0 saturated carbocycles. The van der Waals surface area contributed by atoms with Crippen LogP contribution < -0.4 is 9.47 Å². The molecule has 3 rings (SSSR count). The van der Waals surface area contributed by atoms with Gasteiger partial charge in [0.1, 0.15) is 5.82 Å². The van der Waals surface area contributed by atoms with Crippen molar-refractivity contribution in [2.45, 2.75) is 6.54 Å². The summed E-state index contributed by atoms with van der Waals surface area (Å²) in [6.45, 7) is 0.0952. The number of nitrogens with zero attached hydrogens (tertiary/aromatic N) is 1. The van der Waals surface area contributed by atoms with Crippen LogP contribution in [0.5, 0.6) is 11.5 Å². The molecule has 1 aliphatic rings. The summed E-state index contributed by atoms with van der Waals surface area (Å²) in [5.74, 6) is 0.287. The SMILES string of the molecule is COc1cc(/C=C2/SC(=O)N(Cc3ccc(F)cc3)C2=O)cc(Br)c1OC. The van der Waals surface area contributed by atoms with Crippen molar-refractivity contribution >= 4 is 44.9 Å². The summed E-state index contributed by atoms with van der Waals surface area (Å²) in [6, 6.07) is 9.19. The minimum absolute atomic E-state index is 0.0952. The van der Waals surface area contributed by atoms with E-state index in [0.29, 0.717) is 32.0 Å². The molecule has 2 amide bonds. The first-order valence-corrected chi connectivity index (χ1v) is 9.45. The van der Waals surface area contributed by atoms with Crippen molar-refractivity contribution in [1.29, 1.82) is 0 Å². The number of imide groups is 1. The van der Waals surface area contributed by atoms with E-state index < -0.39 is 0 Å². The van der Waals surface area contributed by atoms with Gasteiger partial charge in [-0.3, -0.25) is 14.5 Å². The van der Waals surface area contributed by atoms with E-state index in [1.54, 1.807) is 30.3 Å². The minimum atomic E-state index is -0.389. The quantitative estimate of drug-likeness (QED) is 0.608. The van der Waals surface area contributed by atoms with Crippen LogP contribution in [-0.4, -0.2) is 30.3 Å². The number of ether oxygens (including phenoxy) is 2. The molecule has 2 aromatic rings. The second-order valence-corrected chi connectivity index (χ2v) is 7.48. The van der Waals surface area contributed by atoms with Crippen molar-refractivity contribution in [2.75, 3.05) is 14.2 Å². The number of benzene rings is 2. The van der Waals surface area contributed by atoms with Gasteiger partial charge in [0.05, 0.1) is 30.1 Å². The van der Waals surface area contributed by atoms with Gasteiger partial charge in [-0.25, -0.2) is 4.39 Å². The molecule has 0 aromatic heterocycles. The summed E-state index contributed by atoms with van der Waals surface area (Å²) in [4.78, 5) is 26.3. The molecule has 0 bridgehead atoms. The zero-order chi connectivity index (χ0) is 19.6. The van der Waals surface area contributed by atoms with Gasteiger partial charge in [-0.15, -0.1) is 0 Å². The lowest BCUT2D eigenvalue weighted by molar-refractivity contribution is -0.123. The maximum absolute atomic E-state index is 13.0. The fourth-order valence-corrected chi connectivity index (χ4v) is 4.04. The number of carbonyl (C=O) groups excluding carboxylic acids is 2. The number of amides is 2. The van der Waals surface area contributed by atoms with Gasteiger partial charge in [-0.05, 0) is 69.2 Å². The summed E-state index contributed by atoms with van der Waals surface area (Å²) in [6.07, 6.45) is 1.63. The standard InChI is InChI=1S/C19H15BrFNO4S/c1-25-15-8-12(7-14(20)17(15)26-2)9-16-18(23)22(19(24)27-16)10-11-3-5-13(21)6-4-11/h3-9H,10H2,1-2H3/b16-9+. The molecule has 0 unspecified atom stereocenters. The molecule has 1 fully saturated rings. The lowest BCUT2D eigenvalue weighted by Gasteiger charge is -2.12. The second kappa shape index (κ2) is 8.14. The molecule has 140 valence electrons. The lowest BCUT2D eigenvalue weighted by atomic mass is 10.1. The van der Waals surface area contributed by atoms with Gasteiger partial charge in [0.2, 0.25) is 0 Å². The van der Waals surface area contributed by atoms with Crippen molar-refractivity contribution in [1.82, 2.24) is 4.90 Å². The number of hydrogen-bond donors (Lipinski definition) is 0. The first-order valence-electron chi connectivity index (χ1n) is 7.84. The first-order chi connectivity index (χ1) is 12.9. The highest BCUT2D eigenvalue weighted by Crippen LogP contribution is 2.39. The predicted octanol–water partition coefficient (Wildman–Crippen LogP) is 4.84. The molecule has 0 spiro atoms. The molecule has 8 heteroatoms. The molecular weight excluding hydrogens is 437 g/mol. The van der Waals surface area contributed by atoms with E-state index in [1.165, 1.54) is 26.4 Å². The van der Waals surface area contributed by atoms with Crippen molar-refractivity contribution in [2.24, 2.45) is 0 Å². The highest BCUT2D eigenvalue weighted by atomic mass is 79.9. The summed E-state index contributed by atoms with van der Waals surface area (Å²) in [5.41, 5.74) is 1.36. The van der Waals surface area contributed by atoms with E-state index in [0.717, 1.165) is 16.7 Å². The topological polar surface area (TPSA) is 55.8 Å². The number of carbonyl (C=O) groups is 2. The summed E-state index contributed by atoms with van der Waals surface area (Å²) in [5, 5.41) is -0.366. The Morgan fingerprint density at radius 3 is 2.48 bits per heavy atom. The smallest absolute Gasteiger partial charge is 0.293 e. The third kappa shape index (κ3) is 4.17. The molecule has 0 atom stereocenters. The maximum atomic E-state index is 13.0. The van der Waals surface area contributed by atoms with Gasteiger partial charge < -0.3 is 9.47 Å². The van der Waals surface area contributed by atoms with E-state index >= 15 is 0 Å². The Kier molecular flexibility index (Phi) is 5.86. The zero-order valence-corrected chi connectivity index (χ0v) is 16.9. The number of rotatable bonds is 5. The fourth-order valence-electron chi connectivity index (χ4n) is 2.58. The Morgan fingerprint density at radius 1 is 1.15 bits per heavy atom. The van der Waals surface area contributed by atoms with Gasteiger partial charge in [-0.1, -0.05) is 12.1 Å². The molecule has 0 aliphatic carbocycles. The molecule has 5 nitrogen and oxygen atoms in total. The van der Waals surface area contributed by atoms with E-state index in [2.05, 4.69) is 15.9 Å². The third-order valence-corrected chi connectivity index (χ3v) is 5.38. The predicted molar refractivity (Wildman–Crippen MR) is 105 cm³/mol. The summed E-state index contributed by atoms with van der Waals surface area (Å²) < 4.78 is 24.3. The molecular formula is C19H15BrFNO4S. The van der Waals surface area contributed by atoms with Crippen LogP contribution in [-0.2, 0) is 11.3 Å². The highest BCUT2D eigenvalue weighted by Gasteiger charge is 2.35. The Balaban J connectivity index is 1.86. The van der Waals surface area contributed by atoms with Crippen molar-refractivity contribution in [3.63, 3.8) is 0 Å². The van der Waals surface area contributed by atoms with Crippen LogP contribution in [0.3, 0.4) is 0 Å². The molecule has 27 heavy (non-hydrogen) atoms. The number of thioether (sulfide) groups is 1. The van der Waals surface area contributed by atoms with Crippen molar-refractivity contribution < 1.29 is 23.5 Å². The number of methoxy groups -OCH3 is 2. The van der Waals surface area contributed by atoms with Crippen LogP contribution in [0.4, 0.5) is 9.18 Å². The number of hydrogen-bond acceptors (Lipinski definition) is 5. The van der Waals surface area contributed by atoms with Crippen LogP contribution in [0.1, 0.15) is 11.1 Å². The minimum Gasteiger partial charge on any atom is -0.493 e. The van der Waals surface area contributed by atoms with Gasteiger partial charge in [0, 0.05) is 0 Å². The first kappa shape index (κ1) is 19.4. The Labute approximate surface area is 168 Å². The van der Waals surface area contributed by atoms with E-state index in [4.69, 9.17) is 9.47 Å². The van der Waals surface area contributed by atoms with Crippen LogP contribution in [0.25, 0.3) is 6.08 Å². The van der Waals surface area contributed by atoms with E-state index in [9.17, 15) is 14.0 Å². The molecule has 1 heterocycles. The van der Waals surface area contributed by atoms with Crippen molar-refractivity contribution in [3.8, 4) is 11.5 Å². The van der Waals surface area contributed by atoms with Crippen LogP contribution >= 0.6 is 27.7 Å². The van der Waals surface area contributed by atoms with Gasteiger partial charge in [0.25, 0.3) is 11.1 Å². The van der Waals surface area contributed by atoms with Crippen LogP contribution in [0, 0.1) is 5.82 Å². The van der Waals surface area contributed by atoms with Crippen LogP contribution in [0.15, 0.2) is 45.8 Å². The molecule has 1 aliphatic heterocycles. The third-order valence-electron chi connectivity index (χ3n) is 3.88. The van der Waals surface area contributed by atoms with Crippen LogP contribution in [0.2, 0.25) is 0 Å². The molecule has 0 radical (unpaired) electrons. The Morgan fingerprint density at radius 2 is 1.85 bits per heavy atom. The molecule has 0 N–H and O–H groups in total. The van der Waals surface area contributed by atoms with E-state index in [1.807, 2.05) is 0 Å². The van der Waals surface area contributed by atoms with E-state index in [-0.39, 0.29) is 23.5 Å². The fraction of sp³-hybridized carbons (Fsp3) is 0.158. The maximum Gasteiger partial charge on any atom is 0.293 e. The monoisotopic (exact) mass is 451 g/mol. The average Bonchev–Trinajstić information content (AvgIpc) is 2.90.